The van der Waals surface area contributed by atoms with Crippen molar-refractivity contribution in [2.45, 2.75) is 18.9 Å². The summed E-state index contributed by atoms with van der Waals surface area (Å²) in [6.45, 7) is 0. The maximum Gasteiger partial charge on any atom is 0.152 e. The first-order valence-corrected chi connectivity index (χ1v) is 8.10. The van der Waals surface area contributed by atoms with Crippen LogP contribution in [0.15, 0.2) is 10.8 Å². The maximum atomic E-state index is 11.5. The van der Waals surface area contributed by atoms with Crippen LogP contribution in [0.1, 0.15) is 12.8 Å². The summed E-state index contributed by atoms with van der Waals surface area (Å²) in [4.78, 5) is 7.84. The van der Waals surface area contributed by atoms with E-state index in [0.29, 0.717) is 21.9 Å². The zero-order chi connectivity index (χ0) is 12.5. The van der Waals surface area contributed by atoms with Crippen LogP contribution in [0, 0.1) is 0 Å². The van der Waals surface area contributed by atoms with E-state index in [0.717, 1.165) is 6.42 Å². The topological polar surface area (TPSA) is 72.0 Å². The van der Waals surface area contributed by atoms with Crippen LogP contribution in [0.5, 0.6) is 0 Å². The second-order valence-corrected chi connectivity index (χ2v) is 7.30. The number of halogens is 2. The van der Waals surface area contributed by atoms with Crippen LogP contribution in [0.3, 0.4) is 0 Å². The van der Waals surface area contributed by atoms with Gasteiger partial charge in [0.1, 0.15) is 17.3 Å². The van der Waals surface area contributed by atoms with Crippen LogP contribution in [-0.4, -0.2) is 35.9 Å². The van der Waals surface area contributed by atoms with E-state index in [9.17, 15) is 8.42 Å². The third-order valence-corrected chi connectivity index (χ3v) is 5.64. The average Bonchev–Trinajstić information content (AvgIpc) is 2.23. The van der Waals surface area contributed by atoms with E-state index < -0.39 is 9.84 Å². The highest BCUT2D eigenvalue weighted by molar-refractivity contribution is 9.10. The second-order valence-electron chi connectivity index (χ2n) is 3.92. The summed E-state index contributed by atoms with van der Waals surface area (Å²) in [5, 5.41) is 3.39. The SMILES string of the molecule is O=S1(=O)CCCC(Nc2ncnc(Cl)c2Br)C1. The maximum absolute atomic E-state index is 11.5. The van der Waals surface area contributed by atoms with Crippen LogP contribution in [0.4, 0.5) is 5.82 Å². The van der Waals surface area contributed by atoms with Crippen molar-refractivity contribution in [3.05, 3.63) is 16.0 Å². The van der Waals surface area contributed by atoms with Gasteiger partial charge in [-0.1, -0.05) is 11.6 Å². The van der Waals surface area contributed by atoms with Gasteiger partial charge < -0.3 is 5.32 Å². The Morgan fingerprint density at radius 2 is 2.24 bits per heavy atom. The molecule has 1 N–H and O–H groups in total. The predicted molar refractivity (Wildman–Crippen MR) is 70.0 cm³/mol. The first kappa shape index (κ1) is 13.0. The van der Waals surface area contributed by atoms with Gasteiger partial charge in [-0.3, -0.25) is 0 Å². The van der Waals surface area contributed by atoms with Gasteiger partial charge in [0.2, 0.25) is 0 Å². The zero-order valence-corrected chi connectivity index (χ0v) is 12.0. The normalized spacial score (nSPS) is 23.3. The molecular weight excluding hydrogens is 330 g/mol. The third kappa shape index (κ3) is 3.29. The minimum Gasteiger partial charge on any atom is -0.365 e. The summed E-state index contributed by atoms with van der Waals surface area (Å²) < 4.78 is 23.5. The zero-order valence-electron chi connectivity index (χ0n) is 8.86. The monoisotopic (exact) mass is 339 g/mol. The number of hydrogen-bond acceptors (Lipinski definition) is 5. The Hall–Kier alpha value is -0.400. The Morgan fingerprint density at radius 1 is 1.47 bits per heavy atom. The van der Waals surface area contributed by atoms with Crippen molar-refractivity contribution in [3.63, 3.8) is 0 Å². The Kier molecular flexibility index (Phi) is 3.89. The average molecular weight is 341 g/mol. The number of nitrogens with zero attached hydrogens (tertiary/aromatic N) is 2. The van der Waals surface area contributed by atoms with E-state index in [1.807, 2.05) is 0 Å². The van der Waals surface area contributed by atoms with Crippen LogP contribution in [0.2, 0.25) is 5.15 Å². The molecule has 2 rings (SSSR count). The van der Waals surface area contributed by atoms with Crippen molar-refractivity contribution in [1.82, 2.24) is 9.97 Å². The molecule has 1 unspecified atom stereocenters. The highest BCUT2D eigenvalue weighted by Crippen LogP contribution is 2.27. The van der Waals surface area contributed by atoms with E-state index in [-0.39, 0.29) is 17.5 Å². The van der Waals surface area contributed by atoms with Gasteiger partial charge in [-0.2, -0.15) is 0 Å². The van der Waals surface area contributed by atoms with Gasteiger partial charge in [-0.15, -0.1) is 0 Å². The van der Waals surface area contributed by atoms with Crippen molar-refractivity contribution in [2.75, 3.05) is 16.8 Å². The van der Waals surface area contributed by atoms with Crippen molar-refractivity contribution >= 4 is 43.2 Å². The number of sulfone groups is 1. The first-order valence-electron chi connectivity index (χ1n) is 5.11. The van der Waals surface area contributed by atoms with Gasteiger partial charge in [0.15, 0.2) is 9.84 Å². The summed E-state index contributed by atoms with van der Waals surface area (Å²) in [7, 11) is -2.93. The highest BCUT2D eigenvalue weighted by Gasteiger charge is 2.25. The molecule has 8 heteroatoms. The molecule has 1 fully saturated rings. The number of nitrogens with one attached hydrogen (secondary N) is 1. The quantitative estimate of drug-likeness (QED) is 0.832. The number of aromatic nitrogens is 2. The van der Waals surface area contributed by atoms with Crippen molar-refractivity contribution < 1.29 is 8.42 Å². The van der Waals surface area contributed by atoms with Gasteiger partial charge in [-0.25, -0.2) is 18.4 Å². The summed E-state index contributed by atoms with van der Waals surface area (Å²) in [6.07, 6.45) is 2.83. The first-order chi connectivity index (χ1) is 7.98. The third-order valence-electron chi connectivity index (χ3n) is 2.55. The molecule has 0 aromatic carbocycles. The largest absolute Gasteiger partial charge is 0.365 e. The van der Waals surface area contributed by atoms with E-state index >= 15 is 0 Å². The molecule has 17 heavy (non-hydrogen) atoms. The molecule has 1 atom stereocenters. The smallest absolute Gasteiger partial charge is 0.152 e. The van der Waals surface area contributed by atoms with Gasteiger partial charge >= 0.3 is 0 Å². The molecule has 0 spiro atoms. The molecule has 5 nitrogen and oxygen atoms in total. The van der Waals surface area contributed by atoms with Gasteiger partial charge in [0.05, 0.1) is 16.0 Å². The fourth-order valence-electron chi connectivity index (χ4n) is 1.78. The number of rotatable bonds is 2. The van der Waals surface area contributed by atoms with Crippen molar-refractivity contribution in [1.29, 1.82) is 0 Å². The minimum absolute atomic E-state index is 0.115. The summed E-state index contributed by atoms with van der Waals surface area (Å²) >= 11 is 9.10. The van der Waals surface area contributed by atoms with Crippen LogP contribution in [0.25, 0.3) is 0 Å². The summed E-state index contributed by atoms with van der Waals surface area (Å²) in [5.41, 5.74) is 0. The van der Waals surface area contributed by atoms with Gasteiger partial charge in [-0.05, 0) is 28.8 Å². The lowest BCUT2D eigenvalue weighted by Crippen LogP contribution is -2.35. The standard InChI is InChI=1S/C9H11BrClN3O2S/c10-7-8(11)12-5-13-9(7)14-6-2-1-3-17(15,16)4-6/h5-6H,1-4H2,(H,12,13,14). The highest BCUT2D eigenvalue weighted by atomic mass is 79.9. The molecule has 0 bridgehead atoms. The van der Waals surface area contributed by atoms with Crippen molar-refractivity contribution in [3.8, 4) is 0 Å². The molecule has 1 aliphatic rings. The Bertz CT molecular complexity index is 523. The summed E-state index contributed by atoms with van der Waals surface area (Å²) in [6, 6.07) is -0.115. The number of hydrogen-bond donors (Lipinski definition) is 1. The van der Waals surface area contributed by atoms with E-state index in [4.69, 9.17) is 11.6 Å². The van der Waals surface area contributed by atoms with E-state index in [2.05, 4.69) is 31.2 Å². The van der Waals surface area contributed by atoms with Crippen LogP contribution < -0.4 is 5.32 Å². The van der Waals surface area contributed by atoms with Gasteiger partial charge in [0, 0.05) is 6.04 Å². The minimum atomic E-state index is -2.93. The molecule has 1 saturated heterocycles. The Labute approximate surface area is 113 Å². The molecule has 1 aromatic heterocycles. The molecule has 2 heterocycles. The molecule has 94 valence electrons. The fourth-order valence-corrected chi connectivity index (χ4v) is 3.87. The second kappa shape index (κ2) is 5.07. The molecule has 0 radical (unpaired) electrons. The van der Waals surface area contributed by atoms with Crippen molar-refractivity contribution in [2.24, 2.45) is 0 Å². The van der Waals surface area contributed by atoms with E-state index in [1.54, 1.807) is 0 Å². The van der Waals surface area contributed by atoms with Crippen LogP contribution >= 0.6 is 27.5 Å². The molecule has 0 saturated carbocycles. The lowest BCUT2D eigenvalue weighted by atomic mass is 10.2. The molecular formula is C9H11BrClN3O2S. The molecule has 0 amide bonds. The number of anilines is 1. The van der Waals surface area contributed by atoms with Crippen LogP contribution in [-0.2, 0) is 9.84 Å². The lowest BCUT2D eigenvalue weighted by molar-refractivity contribution is 0.561. The Morgan fingerprint density at radius 3 is 2.94 bits per heavy atom. The van der Waals surface area contributed by atoms with Gasteiger partial charge in [0.25, 0.3) is 0 Å². The lowest BCUT2D eigenvalue weighted by Gasteiger charge is -2.23. The predicted octanol–water partition coefficient (Wildman–Crippen LogP) is 1.88. The summed E-state index contributed by atoms with van der Waals surface area (Å²) in [5.74, 6) is 0.949. The molecule has 1 aromatic rings. The fraction of sp³-hybridized carbons (Fsp3) is 0.556. The molecule has 0 aliphatic carbocycles. The molecule has 1 aliphatic heterocycles. The Balaban J connectivity index is 2.13. The van der Waals surface area contributed by atoms with E-state index in [1.165, 1.54) is 6.33 Å².